The third-order valence-corrected chi connectivity index (χ3v) is 5.29. The van der Waals surface area contributed by atoms with E-state index in [0.29, 0.717) is 22.6 Å². The zero-order chi connectivity index (χ0) is 18.8. The predicted octanol–water partition coefficient (Wildman–Crippen LogP) is 4.84. The lowest BCUT2D eigenvalue weighted by molar-refractivity contribution is 0.354. The van der Waals surface area contributed by atoms with Gasteiger partial charge in [0.15, 0.2) is 11.5 Å². The van der Waals surface area contributed by atoms with E-state index in [1.807, 2.05) is 49.5 Å². The van der Waals surface area contributed by atoms with Crippen LogP contribution in [-0.4, -0.2) is 29.4 Å². The highest BCUT2D eigenvalue weighted by atomic mass is 32.2. The maximum Gasteiger partial charge on any atom is 0.277 e. The highest BCUT2D eigenvalue weighted by Crippen LogP contribution is 2.34. The van der Waals surface area contributed by atoms with Gasteiger partial charge >= 0.3 is 0 Å². The molecule has 0 aliphatic heterocycles. The van der Waals surface area contributed by atoms with Crippen LogP contribution in [0, 0.1) is 6.92 Å². The van der Waals surface area contributed by atoms with Crippen LogP contribution in [0.15, 0.2) is 52.2 Å². The lowest BCUT2D eigenvalue weighted by Gasteiger charge is -2.11. The van der Waals surface area contributed by atoms with Crippen molar-refractivity contribution in [2.75, 3.05) is 14.2 Å². The molecule has 2 heterocycles. The van der Waals surface area contributed by atoms with Gasteiger partial charge in [-0.1, -0.05) is 30.0 Å². The van der Waals surface area contributed by atoms with E-state index in [9.17, 15) is 0 Å². The van der Waals surface area contributed by atoms with Gasteiger partial charge in [-0.25, -0.2) is 0 Å². The number of para-hydroxylation sites is 1. The molecule has 0 aliphatic carbocycles. The number of hydrogen-bond donors (Lipinski definition) is 1. The lowest BCUT2D eigenvalue weighted by Crippen LogP contribution is -1.95. The van der Waals surface area contributed by atoms with Gasteiger partial charge in [-0.3, -0.25) is 0 Å². The Morgan fingerprint density at radius 1 is 1.07 bits per heavy atom. The van der Waals surface area contributed by atoms with Crippen molar-refractivity contribution >= 4 is 22.7 Å². The normalized spacial score (nSPS) is 11.1. The fourth-order valence-corrected chi connectivity index (χ4v) is 3.77. The summed E-state index contributed by atoms with van der Waals surface area (Å²) >= 11 is 1.50. The maximum atomic E-state index is 5.86. The van der Waals surface area contributed by atoms with Crippen molar-refractivity contribution in [3.8, 4) is 23.0 Å². The van der Waals surface area contributed by atoms with Crippen molar-refractivity contribution in [3.05, 3.63) is 53.7 Å². The van der Waals surface area contributed by atoms with E-state index in [4.69, 9.17) is 13.9 Å². The molecule has 7 heteroatoms. The van der Waals surface area contributed by atoms with E-state index in [1.54, 1.807) is 14.2 Å². The number of rotatable bonds is 6. The van der Waals surface area contributed by atoms with E-state index >= 15 is 0 Å². The molecule has 138 valence electrons. The van der Waals surface area contributed by atoms with Gasteiger partial charge in [-0.2, -0.15) is 0 Å². The Morgan fingerprint density at radius 2 is 1.85 bits per heavy atom. The number of aryl methyl sites for hydroxylation is 1. The molecule has 0 unspecified atom stereocenters. The van der Waals surface area contributed by atoms with Gasteiger partial charge in [-0.15, -0.1) is 10.2 Å². The third kappa shape index (κ3) is 3.38. The third-order valence-electron chi connectivity index (χ3n) is 4.42. The molecule has 4 aromatic rings. The zero-order valence-electron chi connectivity index (χ0n) is 15.3. The quantitative estimate of drug-likeness (QED) is 0.482. The fraction of sp³-hybridized carbons (Fsp3) is 0.200. The van der Waals surface area contributed by atoms with Crippen LogP contribution in [0.25, 0.3) is 22.4 Å². The summed E-state index contributed by atoms with van der Waals surface area (Å²) in [5.41, 5.74) is 4.20. The van der Waals surface area contributed by atoms with Crippen LogP contribution in [0.2, 0.25) is 0 Å². The first kappa shape index (κ1) is 17.5. The number of methoxy groups -OCH3 is 2. The lowest BCUT2D eigenvalue weighted by atomic mass is 10.1. The number of hydrogen-bond acceptors (Lipinski definition) is 6. The van der Waals surface area contributed by atoms with Gasteiger partial charge in [0.25, 0.3) is 11.1 Å². The van der Waals surface area contributed by atoms with Gasteiger partial charge in [0.05, 0.1) is 19.8 Å². The van der Waals surface area contributed by atoms with Gasteiger partial charge in [0.2, 0.25) is 0 Å². The molecular weight excluding hydrogens is 362 g/mol. The van der Waals surface area contributed by atoms with Crippen molar-refractivity contribution in [1.82, 2.24) is 15.2 Å². The van der Waals surface area contributed by atoms with Crippen LogP contribution in [0.1, 0.15) is 11.1 Å². The molecule has 1 N–H and O–H groups in total. The Balaban J connectivity index is 1.54. The number of H-pyrrole nitrogens is 1. The molecule has 6 nitrogen and oxygen atoms in total. The molecule has 0 saturated carbocycles. The van der Waals surface area contributed by atoms with Crippen LogP contribution in [-0.2, 0) is 5.75 Å². The molecule has 0 aliphatic rings. The van der Waals surface area contributed by atoms with Crippen LogP contribution in [0.3, 0.4) is 0 Å². The fourth-order valence-electron chi connectivity index (χ4n) is 2.94. The van der Waals surface area contributed by atoms with Crippen LogP contribution in [0.5, 0.6) is 11.5 Å². The summed E-state index contributed by atoms with van der Waals surface area (Å²) < 4.78 is 16.6. The molecule has 0 radical (unpaired) electrons. The number of aromatic amines is 1. The number of fused-ring (bicyclic) bond motifs is 1. The van der Waals surface area contributed by atoms with Crippen molar-refractivity contribution < 1.29 is 13.9 Å². The first-order valence-electron chi connectivity index (χ1n) is 8.44. The second-order valence-electron chi connectivity index (χ2n) is 6.04. The molecule has 4 rings (SSSR count). The maximum absolute atomic E-state index is 5.86. The van der Waals surface area contributed by atoms with Crippen LogP contribution in [0.4, 0.5) is 0 Å². The Bertz CT molecular complexity index is 1090. The Kier molecular flexibility index (Phi) is 4.77. The first-order chi connectivity index (χ1) is 13.2. The predicted molar refractivity (Wildman–Crippen MR) is 105 cm³/mol. The van der Waals surface area contributed by atoms with Crippen LogP contribution < -0.4 is 9.47 Å². The highest BCUT2D eigenvalue weighted by molar-refractivity contribution is 7.98. The van der Waals surface area contributed by atoms with Crippen molar-refractivity contribution in [1.29, 1.82) is 0 Å². The zero-order valence-corrected chi connectivity index (χ0v) is 16.1. The monoisotopic (exact) mass is 381 g/mol. The standard InChI is InChI=1S/C20H19N3O3S/c1-12-8-17(24-2)18(25-3)9-13(12)11-27-20-23-22-19(26-20)15-10-21-16-7-5-4-6-14(15)16/h4-10,21H,11H2,1-3H3. The molecule has 0 spiro atoms. The average molecular weight is 381 g/mol. The summed E-state index contributed by atoms with van der Waals surface area (Å²) in [6.07, 6.45) is 1.89. The molecule has 0 fully saturated rings. The van der Waals surface area contributed by atoms with Gasteiger partial charge in [0.1, 0.15) is 0 Å². The Labute approximate surface area is 160 Å². The molecule has 0 amide bonds. The summed E-state index contributed by atoms with van der Waals surface area (Å²) in [6.45, 7) is 2.04. The minimum Gasteiger partial charge on any atom is -0.493 e. The molecule has 2 aromatic carbocycles. The minimum absolute atomic E-state index is 0.513. The molecule has 0 bridgehead atoms. The largest absolute Gasteiger partial charge is 0.493 e. The molecule has 2 aromatic heterocycles. The second-order valence-corrected chi connectivity index (χ2v) is 6.97. The molecule has 0 saturated heterocycles. The van der Waals surface area contributed by atoms with Gasteiger partial charge in [-0.05, 0) is 36.2 Å². The average Bonchev–Trinajstić information content (AvgIpc) is 3.33. The minimum atomic E-state index is 0.513. The van der Waals surface area contributed by atoms with E-state index in [0.717, 1.165) is 33.3 Å². The number of thioether (sulfide) groups is 1. The van der Waals surface area contributed by atoms with E-state index in [2.05, 4.69) is 15.2 Å². The summed E-state index contributed by atoms with van der Waals surface area (Å²) in [7, 11) is 3.27. The van der Waals surface area contributed by atoms with Gasteiger partial charge in [0, 0.05) is 22.9 Å². The number of nitrogens with one attached hydrogen (secondary N) is 1. The van der Waals surface area contributed by atoms with E-state index < -0.39 is 0 Å². The number of ether oxygens (including phenoxy) is 2. The number of nitrogens with zero attached hydrogens (tertiary/aromatic N) is 2. The number of aromatic nitrogens is 3. The first-order valence-corrected chi connectivity index (χ1v) is 9.42. The number of benzene rings is 2. The van der Waals surface area contributed by atoms with E-state index in [1.165, 1.54) is 11.8 Å². The Morgan fingerprint density at radius 3 is 2.67 bits per heavy atom. The summed E-state index contributed by atoms with van der Waals surface area (Å²) in [5, 5.41) is 9.97. The SMILES string of the molecule is COc1cc(C)c(CSc2nnc(-c3c[nH]c4ccccc34)o2)cc1OC. The highest BCUT2D eigenvalue weighted by Gasteiger charge is 2.15. The summed E-state index contributed by atoms with van der Waals surface area (Å²) in [4.78, 5) is 3.22. The topological polar surface area (TPSA) is 73.2 Å². The van der Waals surface area contributed by atoms with Crippen molar-refractivity contribution in [2.45, 2.75) is 17.9 Å². The molecule has 27 heavy (non-hydrogen) atoms. The van der Waals surface area contributed by atoms with E-state index in [-0.39, 0.29) is 0 Å². The molecule has 0 atom stereocenters. The second kappa shape index (κ2) is 7.36. The van der Waals surface area contributed by atoms with Gasteiger partial charge < -0.3 is 18.9 Å². The summed E-state index contributed by atoms with van der Waals surface area (Å²) in [6, 6.07) is 12.0. The Hall–Kier alpha value is -2.93. The summed E-state index contributed by atoms with van der Waals surface area (Å²) in [5.74, 6) is 2.65. The van der Waals surface area contributed by atoms with Crippen molar-refractivity contribution in [2.24, 2.45) is 0 Å². The smallest absolute Gasteiger partial charge is 0.277 e. The van der Waals surface area contributed by atoms with Crippen LogP contribution >= 0.6 is 11.8 Å². The van der Waals surface area contributed by atoms with Crippen molar-refractivity contribution in [3.63, 3.8) is 0 Å². The molecular formula is C20H19N3O3S.